The predicted octanol–water partition coefficient (Wildman–Crippen LogP) is 4.84. The Morgan fingerprint density at radius 3 is 2.36 bits per heavy atom. The number of benzene rings is 1. The smallest absolute Gasteiger partial charge is 0.129 e. The van der Waals surface area contributed by atoms with E-state index in [1.54, 1.807) is 24.4 Å². The Kier molecular flexibility index (Phi) is 5.80. The standard InChI is InChI=1S/C17H10ClN3S/c18-15-7-5-14(6-8-15)16(9-4-13(11-19)12-20)22-17-3-1-2-10-21-17/h1-10H/b16-9-. The van der Waals surface area contributed by atoms with Gasteiger partial charge in [0.15, 0.2) is 0 Å². The lowest BCUT2D eigenvalue weighted by Crippen LogP contribution is -1.83. The zero-order valence-corrected chi connectivity index (χ0v) is 13.0. The quantitative estimate of drug-likeness (QED) is 0.459. The zero-order valence-electron chi connectivity index (χ0n) is 11.4. The Labute approximate surface area is 138 Å². The summed E-state index contributed by atoms with van der Waals surface area (Å²) in [7, 11) is 0. The van der Waals surface area contributed by atoms with Gasteiger partial charge in [0.2, 0.25) is 0 Å². The van der Waals surface area contributed by atoms with E-state index in [0.717, 1.165) is 15.5 Å². The molecule has 2 rings (SSSR count). The molecule has 0 atom stereocenters. The van der Waals surface area contributed by atoms with Crippen molar-refractivity contribution in [3.63, 3.8) is 0 Å². The second kappa shape index (κ2) is 8.05. The molecule has 2 aromatic rings. The molecular formula is C17H10ClN3S. The molecule has 22 heavy (non-hydrogen) atoms. The summed E-state index contributed by atoms with van der Waals surface area (Å²) in [4.78, 5) is 5.15. The molecule has 0 spiro atoms. The molecule has 0 saturated heterocycles. The Balaban J connectivity index is 2.39. The lowest BCUT2D eigenvalue weighted by molar-refractivity contribution is 1.14. The number of halogens is 1. The minimum atomic E-state index is 0.0492. The molecule has 0 N–H and O–H groups in total. The number of rotatable bonds is 4. The topological polar surface area (TPSA) is 60.5 Å². The molecule has 5 heteroatoms. The van der Waals surface area contributed by atoms with E-state index in [9.17, 15) is 0 Å². The van der Waals surface area contributed by atoms with Crippen LogP contribution in [0.5, 0.6) is 0 Å². The minimum absolute atomic E-state index is 0.0492. The summed E-state index contributed by atoms with van der Waals surface area (Å²) in [6.45, 7) is 0. The maximum atomic E-state index is 8.83. The lowest BCUT2D eigenvalue weighted by atomic mass is 10.2. The summed E-state index contributed by atoms with van der Waals surface area (Å²) in [5.74, 6) is 0. The van der Waals surface area contributed by atoms with Gasteiger partial charge in [0.05, 0.1) is 0 Å². The Morgan fingerprint density at radius 1 is 1.05 bits per heavy atom. The van der Waals surface area contributed by atoms with Crippen molar-refractivity contribution in [2.45, 2.75) is 5.03 Å². The molecule has 0 aliphatic heterocycles. The van der Waals surface area contributed by atoms with Crippen LogP contribution in [0.25, 0.3) is 4.91 Å². The first-order valence-corrected chi connectivity index (χ1v) is 7.49. The highest BCUT2D eigenvalue weighted by Crippen LogP contribution is 2.33. The lowest BCUT2D eigenvalue weighted by Gasteiger charge is -2.06. The van der Waals surface area contributed by atoms with E-state index in [0.29, 0.717) is 5.02 Å². The van der Waals surface area contributed by atoms with Crippen molar-refractivity contribution in [3.05, 3.63) is 77.0 Å². The second-order valence-electron chi connectivity index (χ2n) is 4.11. The van der Waals surface area contributed by atoms with Crippen molar-refractivity contribution >= 4 is 28.3 Å². The van der Waals surface area contributed by atoms with E-state index in [2.05, 4.69) is 4.98 Å². The summed E-state index contributed by atoms with van der Waals surface area (Å²) in [6, 6.07) is 16.7. The molecule has 0 radical (unpaired) electrons. The zero-order chi connectivity index (χ0) is 15.8. The molecule has 0 amide bonds. The molecule has 1 heterocycles. The summed E-state index contributed by atoms with van der Waals surface area (Å²) in [5, 5.41) is 19.1. The highest BCUT2D eigenvalue weighted by molar-refractivity contribution is 8.08. The molecule has 1 aromatic heterocycles. The number of nitrogens with zero attached hydrogens (tertiary/aromatic N) is 3. The predicted molar refractivity (Wildman–Crippen MR) is 88.8 cm³/mol. The van der Waals surface area contributed by atoms with Gasteiger partial charge in [-0.25, -0.2) is 4.98 Å². The van der Waals surface area contributed by atoms with Crippen LogP contribution in [0.1, 0.15) is 5.56 Å². The normalized spacial score (nSPS) is 10.4. The van der Waals surface area contributed by atoms with Gasteiger partial charge in [0.25, 0.3) is 0 Å². The van der Waals surface area contributed by atoms with Crippen LogP contribution in [0.2, 0.25) is 5.02 Å². The van der Waals surface area contributed by atoms with E-state index in [1.165, 1.54) is 17.8 Å². The van der Waals surface area contributed by atoms with Crippen LogP contribution in [0.15, 0.2) is 71.4 Å². The van der Waals surface area contributed by atoms with Crippen molar-refractivity contribution in [2.24, 2.45) is 0 Å². The van der Waals surface area contributed by atoms with Gasteiger partial charge in [-0.2, -0.15) is 10.5 Å². The van der Waals surface area contributed by atoms with Gasteiger partial charge in [-0.05, 0) is 42.0 Å². The number of aromatic nitrogens is 1. The van der Waals surface area contributed by atoms with Crippen molar-refractivity contribution in [1.82, 2.24) is 4.98 Å². The number of hydrogen-bond acceptors (Lipinski definition) is 4. The maximum Gasteiger partial charge on any atom is 0.129 e. The van der Waals surface area contributed by atoms with E-state index in [-0.39, 0.29) is 5.57 Å². The molecule has 1 aromatic carbocycles. The average Bonchev–Trinajstić information content (AvgIpc) is 2.56. The fraction of sp³-hybridized carbons (Fsp3) is 0. The fourth-order valence-corrected chi connectivity index (χ4v) is 2.58. The molecule has 0 fully saturated rings. The molecular weight excluding hydrogens is 314 g/mol. The maximum absolute atomic E-state index is 8.83. The Morgan fingerprint density at radius 2 is 1.77 bits per heavy atom. The van der Waals surface area contributed by atoms with Crippen LogP contribution < -0.4 is 0 Å². The number of hydrogen-bond donors (Lipinski definition) is 0. The molecule has 0 aliphatic carbocycles. The third-order valence-electron chi connectivity index (χ3n) is 2.62. The fourth-order valence-electron chi connectivity index (χ4n) is 1.58. The molecule has 0 unspecified atom stereocenters. The van der Waals surface area contributed by atoms with Gasteiger partial charge in [-0.3, -0.25) is 0 Å². The number of nitriles is 2. The van der Waals surface area contributed by atoms with Gasteiger partial charge < -0.3 is 0 Å². The molecule has 0 aliphatic rings. The molecule has 0 saturated carbocycles. The summed E-state index contributed by atoms with van der Waals surface area (Å²) < 4.78 is 0. The average molecular weight is 324 g/mol. The second-order valence-corrected chi connectivity index (χ2v) is 5.61. The molecule has 0 bridgehead atoms. The largest absolute Gasteiger partial charge is 0.250 e. The number of thioether (sulfide) groups is 1. The Hall–Kier alpha value is -2.53. The van der Waals surface area contributed by atoms with Crippen molar-refractivity contribution in [2.75, 3.05) is 0 Å². The van der Waals surface area contributed by atoms with E-state index in [1.807, 2.05) is 42.5 Å². The van der Waals surface area contributed by atoms with Crippen LogP contribution in [0.4, 0.5) is 0 Å². The van der Waals surface area contributed by atoms with Gasteiger partial charge >= 0.3 is 0 Å². The van der Waals surface area contributed by atoms with Gasteiger partial charge in [0.1, 0.15) is 22.7 Å². The molecule has 106 valence electrons. The van der Waals surface area contributed by atoms with Crippen LogP contribution in [0, 0.1) is 22.7 Å². The summed E-state index contributed by atoms with van der Waals surface area (Å²) in [6.07, 6.45) is 4.96. The Bertz CT molecular complexity index is 765. The van der Waals surface area contributed by atoms with Crippen LogP contribution in [-0.4, -0.2) is 4.98 Å². The van der Waals surface area contributed by atoms with Gasteiger partial charge in [0, 0.05) is 16.1 Å². The van der Waals surface area contributed by atoms with Crippen LogP contribution in [-0.2, 0) is 0 Å². The monoisotopic (exact) mass is 323 g/mol. The van der Waals surface area contributed by atoms with Crippen molar-refractivity contribution in [3.8, 4) is 12.1 Å². The third kappa shape index (κ3) is 4.49. The first-order chi connectivity index (χ1) is 10.7. The highest BCUT2D eigenvalue weighted by atomic mass is 35.5. The van der Waals surface area contributed by atoms with Crippen molar-refractivity contribution in [1.29, 1.82) is 10.5 Å². The van der Waals surface area contributed by atoms with Crippen molar-refractivity contribution < 1.29 is 0 Å². The van der Waals surface area contributed by atoms with E-state index < -0.39 is 0 Å². The number of allylic oxidation sites excluding steroid dienone is 3. The third-order valence-corrected chi connectivity index (χ3v) is 3.92. The van der Waals surface area contributed by atoms with Gasteiger partial charge in [-0.15, -0.1) is 0 Å². The highest BCUT2D eigenvalue weighted by Gasteiger charge is 2.05. The van der Waals surface area contributed by atoms with Gasteiger partial charge in [-0.1, -0.05) is 41.6 Å². The first-order valence-electron chi connectivity index (χ1n) is 6.30. The number of pyridine rings is 1. The van der Waals surface area contributed by atoms with Crippen LogP contribution in [0.3, 0.4) is 0 Å². The summed E-state index contributed by atoms with van der Waals surface area (Å²) >= 11 is 7.37. The van der Waals surface area contributed by atoms with E-state index in [4.69, 9.17) is 22.1 Å². The summed E-state index contributed by atoms with van der Waals surface area (Å²) in [5.41, 5.74) is 0.986. The van der Waals surface area contributed by atoms with Crippen LogP contribution >= 0.6 is 23.4 Å². The minimum Gasteiger partial charge on any atom is -0.250 e. The SMILES string of the molecule is N#CC(C#N)=C/C=C(\Sc1ccccn1)c1ccc(Cl)cc1. The first kappa shape index (κ1) is 15.9. The van der Waals surface area contributed by atoms with E-state index >= 15 is 0 Å². The molecule has 3 nitrogen and oxygen atoms in total.